The third kappa shape index (κ3) is 4.35. The molecule has 0 spiro atoms. The first-order chi connectivity index (χ1) is 10.4. The molecule has 2 aliphatic rings. The summed E-state index contributed by atoms with van der Waals surface area (Å²) in [6.45, 7) is 8.41. The van der Waals surface area contributed by atoms with Crippen LogP contribution in [0.4, 0.5) is 11.4 Å². The Morgan fingerprint density at radius 2 is 1.62 bits per heavy atom. The zero-order chi connectivity index (χ0) is 14.3. The smallest absolute Gasteiger partial charge is 0.0594 e. The quantitative estimate of drug-likeness (QED) is 0.901. The van der Waals surface area contributed by atoms with Gasteiger partial charge in [0.15, 0.2) is 0 Å². The highest BCUT2D eigenvalue weighted by Gasteiger charge is 2.11. The van der Waals surface area contributed by atoms with E-state index in [-0.39, 0.29) is 0 Å². The summed E-state index contributed by atoms with van der Waals surface area (Å²) in [7, 11) is 0. The van der Waals surface area contributed by atoms with Crippen LogP contribution >= 0.6 is 0 Å². The van der Waals surface area contributed by atoms with E-state index >= 15 is 0 Å². The van der Waals surface area contributed by atoms with E-state index in [9.17, 15) is 0 Å². The lowest BCUT2D eigenvalue weighted by Crippen LogP contribution is -2.39. The fourth-order valence-electron chi connectivity index (χ4n) is 3.13. The van der Waals surface area contributed by atoms with E-state index in [2.05, 4.69) is 39.4 Å². The molecule has 1 aromatic rings. The lowest BCUT2D eigenvalue weighted by molar-refractivity contribution is 0.0398. The Hall–Kier alpha value is -1.26. The van der Waals surface area contributed by atoms with Gasteiger partial charge in [-0.2, -0.15) is 0 Å². The van der Waals surface area contributed by atoms with E-state index < -0.39 is 0 Å². The molecule has 116 valence electrons. The molecule has 2 fully saturated rings. The number of ether oxygens (including phenoxy) is 1. The molecule has 0 saturated carbocycles. The molecule has 21 heavy (non-hydrogen) atoms. The molecule has 2 heterocycles. The number of rotatable bonds is 5. The molecule has 4 nitrogen and oxygen atoms in total. The Labute approximate surface area is 128 Å². The second-order valence-electron chi connectivity index (χ2n) is 5.98. The van der Waals surface area contributed by atoms with Gasteiger partial charge in [-0.05, 0) is 43.5 Å². The first kappa shape index (κ1) is 14.7. The zero-order valence-electron chi connectivity index (χ0n) is 12.9. The van der Waals surface area contributed by atoms with E-state index in [0.29, 0.717) is 0 Å². The summed E-state index contributed by atoms with van der Waals surface area (Å²) in [4.78, 5) is 4.96. The monoisotopic (exact) mass is 289 g/mol. The summed E-state index contributed by atoms with van der Waals surface area (Å²) < 4.78 is 5.37. The van der Waals surface area contributed by atoms with Gasteiger partial charge in [0.2, 0.25) is 0 Å². The van der Waals surface area contributed by atoms with E-state index in [0.717, 1.165) is 39.4 Å². The normalized spacial score (nSPS) is 20.5. The summed E-state index contributed by atoms with van der Waals surface area (Å²) in [5, 5.41) is 3.52. The number of nitrogens with zero attached hydrogens (tertiary/aromatic N) is 2. The molecule has 1 N–H and O–H groups in total. The van der Waals surface area contributed by atoms with Crippen molar-refractivity contribution in [3.8, 4) is 0 Å². The van der Waals surface area contributed by atoms with Crippen LogP contribution in [0.5, 0.6) is 0 Å². The number of morpholine rings is 1. The second-order valence-corrected chi connectivity index (χ2v) is 5.98. The summed E-state index contributed by atoms with van der Waals surface area (Å²) in [6, 6.07) is 8.93. The summed E-state index contributed by atoms with van der Waals surface area (Å²) in [5.74, 6) is 0. The first-order valence-electron chi connectivity index (χ1n) is 8.31. The van der Waals surface area contributed by atoms with Crippen LogP contribution in [0.25, 0.3) is 0 Å². The molecule has 2 aliphatic heterocycles. The fourth-order valence-corrected chi connectivity index (χ4v) is 3.13. The predicted molar refractivity (Wildman–Crippen MR) is 88.3 cm³/mol. The van der Waals surface area contributed by atoms with Crippen molar-refractivity contribution in [2.24, 2.45) is 0 Å². The highest BCUT2D eigenvalue weighted by molar-refractivity contribution is 5.55. The maximum atomic E-state index is 5.37. The third-order valence-electron chi connectivity index (χ3n) is 4.45. The molecular weight excluding hydrogens is 262 g/mol. The largest absolute Gasteiger partial charge is 0.384 e. The molecule has 0 amide bonds. The van der Waals surface area contributed by atoms with E-state index in [4.69, 9.17) is 4.74 Å². The van der Waals surface area contributed by atoms with Gasteiger partial charge in [-0.3, -0.25) is 4.90 Å². The van der Waals surface area contributed by atoms with Crippen molar-refractivity contribution in [3.63, 3.8) is 0 Å². The van der Waals surface area contributed by atoms with Crippen LogP contribution in [-0.4, -0.2) is 57.4 Å². The summed E-state index contributed by atoms with van der Waals surface area (Å²) in [5.41, 5.74) is 2.59. The van der Waals surface area contributed by atoms with Gasteiger partial charge in [-0.25, -0.2) is 0 Å². The molecule has 0 aromatic heterocycles. The predicted octanol–water partition coefficient (Wildman–Crippen LogP) is 2.42. The molecule has 0 radical (unpaired) electrons. The van der Waals surface area contributed by atoms with E-state index in [1.165, 1.54) is 43.7 Å². The maximum absolute atomic E-state index is 5.37. The second kappa shape index (κ2) is 7.66. The van der Waals surface area contributed by atoms with Crippen LogP contribution < -0.4 is 10.2 Å². The Morgan fingerprint density at radius 3 is 2.33 bits per heavy atom. The Bertz CT molecular complexity index is 409. The molecular formula is C17H27N3O. The van der Waals surface area contributed by atoms with E-state index in [1.807, 2.05) is 0 Å². The minimum Gasteiger partial charge on any atom is -0.384 e. The standard InChI is InChI=1S/C17H27N3O/c1-2-9-20(10-3-1)17-6-4-16(5-7-17)18-8-11-19-12-14-21-15-13-19/h4-7,18H,1-3,8-15H2. The van der Waals surface area contributed by atoms with Gasteiger partial charge in [0.05, 0.1) is 13.2 Å². The maximum Gasteiger partial charge on any atom is 0.0594 e. The van der Waals surface area contributed by atoms with Gasteiger partial charge in [0.25, 0.3) is 0 Å². The van der Waals surface area contributed by atoms with Crippen molar-refractivity contribution in [2.45, 2.75) is 19.3 Å². The minimum absolute atomic E-state index is 0.879. The van der Waals surface area contributed by atoms with E-state index in [1.54, 1.807) is 0 Å². The van der Waals surface area contributed by atoms with Crippen LogP contribution in [-0.2, 0) is 4.74 Å². The number of hydrogen-bond acceptors (Lipinski definition) is 4. The average Bonchev–Trinajstić information content (AvgIpc) is 2.57. The van der Waals surface area contributed by atoms with Gasteiger partial charge in [0.1, 0.15) is 0 Å². The Kier molecular flexibility index (Phi) is 5.35. The molecule has 3 rings (SSSR count). The van der Waals surface area contributed by atoms with Gasteiger partial charge in [-0.1, -0.05) is 0 Å². The topological polar surface area (TPSA) is 27.7 Å². The molecule has 0 atom stereocenters. The fraction of sp³-hybridized carbons (Fsp3) is 0.647. The lowest BCUT2D eigenvalue weighted by Gasteiger charge is -2.29. The SMILES string of the molecule is c1cc(N2CCCCC2)ccc1NCCN1CCOCC1. The van der Waals surface area contributed by atoms with Gasteiger partial charge in [-0.15, -0.1) is 0 Å². The van der Waals surface area contributed by atoms with Crippen LogP contribution in [0.1, 0.15) is 19.3 Å². The van der Waals surface area contributed by atoms with Crippen LogP contribution in [0.15, 0.2) is 24.3 Å². The van der Waals surface area contributed by atoms with Gasteiger partial charge in [0, 0.05) is 50.6 Å². The highest BCUT2D eigenvalue weighted by atomic mass is 16.5. The van der Waals surface area contributed by atoms with Crippen molar-refractivity contribution >= 4 is 11.4 Å². The van der Waals surface area contributed by atoms with Crippen molar-refractivity contribution in [1.82, 2.24) is 4.90 Å². The van der Waals surface area contributed by atoms with Crippen molar-refractivity contribution in [2.75, 3.05) is 62.7 Å². The number of anilines is 2. The molecule has 2 saturated heterocycles. The molecule has 0 unspecified atom stereocenters. The minimum atomic E-state index is 0.879. The van der Waals surface area contributed by atoms with Crippen molar-refractivity contribution in [1.29, 1.82) is 0 Å². The average molecular weight is 289 g/mol. The number of nitrogens with one attached hydrogen (secondary N) is 1. The highest BCUT2D eigenvalue weighted by Crippen LogP contribution is 2.21. The van der Waals surface area contributed by atoms with Crippen LogP contribution in [0.3, 0.4) is 0 Å². The number of benzene rings is 1. The Morgan fingerprint density at radius 1 is 0.905 bits per heavy atom. The lowest BCUT2D eigenvalue weighted by atomic mass is 10.1. The third-order valence-corrected chi connectivity index (χ3v) is 4.45. The number of piperidine rings is 1. The number of hydrogen-bond donors (Lipinski definition) is 1. The van der Waals surface area contributed by atoms with Gasteiger partial charge < -0.3 is 15.0 Å². The van der Waals surface area contributed by atoms with Gasteiger partial charge >= 0.3 is 0 Å². The van der Waals surface area contributed by atoms with Crippen LogP contribution in [0, 0.1) is 0 Å². The van der Waals surface area contributed by atoms with Crippen molar-refractivity contribution in [3.05, 3.63) is 24.3 Å². The molecule has 1 aromatic carbocycles. The Balaban J connectivity index is 1.43. The molecule has 4 heteroatoms. The summed E-state index contributed by atoms with van der Waals surface area (Å²) >= 11 is 0. The van der Waals surface area contributed by atoms with Crippen molar-refractivity contribution < 1.29 is 4.74 Å². The zero-order valence-corrected chi connectivity index (χ0v) is 12.9. The molecule has 0 aliphatic carbocycles. The summed E-state index contributed by atoms with van der Waals surface area (Å²) in [6.07, 6.45) is 4.05. The first-order valence-corrected chi connectivity index (χ1v) is 8.31. The van der Waals surface area contributed by atoms with Crippen LogP contribution in [0.2, 0.25) is 0 Å². The molecule has 0 bridgehead atoms.